The molecule has 0 saturated heterocycles. The summed E-state index contributed by atoms with van der Waals surface area (Å²) in [6.07, 6.45) is 2.80. The van der Waals surface area contributed by atoms with E-state index in [2.05, 4.69) is 5.32 Å². The van der Waals surface area contributed by atoms with E-state index in [0.717, 1.165) is 24.9 Å². The lowest BCUT2D eigenvalue weighted by Gasteiger charge is -2.20. The molecule has 0 aliphatic rings. The second-order valence-electron chi connectivity index (χ2n) is 4.83. The molecule has 108 valence electrons. The Morgan fingerprint density at radius 2 is 1.95 bits per heavy atom. The first-order valence-corrected chi connectivity index (χ1v) is 6.76. The van der Waals surface area contributed by atoms with Gasteiger partial charge in [-0.1, -0.05) is 13.0 Å². The van der Waals surface area contributed by atoms with Crippen LogP contribution in [0.4, 0.5) is 8.78 Å². The van der Waals surface area contributed by atoms with E-state index < -0.39 is 11.6 Å². The molecule has 0 aliphatic carbocycles. The molecular weight excluding hydrogens is 248 g/mol. The maximum atomic E-state index is 13.2. The number of hydrogen-bond acceptors (Lipinski definition) is 2. The summed E-state index contributed by atoms with van der Waals surface area (Å²) >= 11 is 0. The van der Waals surface area contributed by atoms with Crippen LogP contribution in [-0.4, -0.2) is 25.8 Å². The van der Waals surface area contributed by atoms with E-state index in [1.807, 2.05) is 13.8 Å². The molecule has 0 saturated carbocycles. The first kappa shape index (κ1) is 16.1. The van der Waals surface area contributed by atoms with E-state index in [1.54, 1.807) is 13.2 Å². The zero-order valence-electron chi connectivity index (χ0n) is 11.9. The number of ether oxygens (including phenoxy) is 1. The zero-order chi connectivity index (χ0) is 14.3. The number of likely N-dealkylation sites (N-methyl/N-ethyl adjacent to an activating group) is 1. The average molecular weight is 271 g/mol. The molecule has 1 N–H and O–H groups in total. The third-order valence-electron chi connectivity index (χ3n) is 3.28. The van der Waals surface area contributed by atoms with Crippen molar-refractivity contribution in [3.05, 3.63) is 35.4 Å². The third-order valence-corrected chi connectivity index (χ3v) is 3.28. The predicted octanol–water partition coefficient (Wildman–Crippen LogP) is 3.30. The molecule has 1 rings (SSSR count). The van der Waals surface area contributed by atoms with Gasteiger partial charge in [0.15, 0.2) is 11.6 Å². The van der Waals surface area contributed by atoms with E-state index in [1.165, 1.54) is 12.1 Å². The Hall–Kier alpha value is -1.00. The van der Waals surface area contributed by atoms with E-state index in [4.69, 9.17) is 4.74 Å². The Labute approximate surface area is 114 Å². The van der Waals surface area contributed by atoms with Gasteiger partial charge < -0.3 is 10.1 Å². The molecule has 4 heteroatoms. The molecule has 2 atom stereocenters. The normalized spacial score (nSPS) is 14.4. The van der Waals surface area contributed by atoms with E-state index in [9.17, 15) is 8.78 Å². The highest BCUT2D eigenvalue weighted by atomic mass is 19.2. The Balaban J connectivity index is 2.58. The van der Waals surface area contributed by atoms with Gasteiger partial charge in [-0.25, -0.2) is 8.78 Å². The maximum Gasteiger partial charge on any atom is 0.159 e. The van der Waals surface area contributed by atoms with E-state index in [-0.39, 0.29) is 12.1 Å². The summed E-state index contributed by atoms with van der Waals surface area (Å²) in [6.45, 7) is 4.92. The van der Waals surface area contributed by atoms with Gasteiger partial charge in [0, 0.05) is 13.2 Å². The fourth-order valence-electron chi connectivity index (χ4n) is 2.07. The van der Waals surface area contributed by atoms with E-state index >= 15 is 0 Å². The molecule has 19 heavy (non-hydrogen) atoms. The largest absolute Gasteiger partial charge is 0.382 e. The maximum absolute atomic E-state index is 13.2. The van der Waals surface area contributed by atoms with Crippen LogP contribution in [-0.2, 0) is 11.2 Å². The molecule has 1 aromatic carbocycles. The molecule has 2 unspecified atom stereocenters. The van der Waals surface area contributed by atoms with Gasteiger partial charge >= 0.3 is 0 Å². The van der Waals surface area contributed by atoms with Crippen LogP contribution in [0.2, 0.25) is 0 Å². The molecule has 0 aliphatic heterocycles. The minimum absolute atomic E-state index is 0.214. The molecule has 0 aromatic heterocycles. The van der Waals surface area contributed by atoms with Crippen molar-refractivity contribution < 1.29 is 13.5 Å². The molecule has 0 amide bonds. The lowest BCUT2D eigenvalue weighted by molar-refractivity contribution is 0.106. The standard InChI is InChI=1S/C15H23F2NO/c1-4-18-13(7-5-11(2)19-3)9-12-6-8-14(16)15(17)10-12/h6,8,10-11,13,18H,4-5,7,9H2,1-3H3. The van der Waals surface area contributed by atoms with Gasteiger partial charge in [0.05, 0.1) is 6.10 Å². The van der Waals surface area contributed by atoms with Crippen molar-refractivity contribution in [2.75, 3.05) is 13.7 Å². The summed E-state index contributed by atoms with van der Waals surface area (Å²) < 4.78 is 31.3. The summed E-state index contributed by atoms with van der Waals surface area (Å²) in [5, 5.41) is 3.37. The number of benzene rings is 1. The monoisotopic (exact) mass is 271 g/mol. The summed E-state index contributed by atoms with van der Waals surface area (Å²) in [7, 11) is 1.70. The van der Waals surface area contributed by atoms with Crippen LogP contribution in [0, 0.1) is 11.6 Å². The number of hydrogen-bond donors (Lipinski definition) is 1. The molecule has 2 nitrogen and oxygen atoms in total. The van der Waals surface area contributed by atoms with Gasteiger partial charge in [0.2, 0.25) is 0 Å². The van der Waals surface area contributed by atoms with Crippen molar-refractivity contribution >= 4 is 0 Å². The van der Waals surface area contributed by atoms with Crippen molar-refractivity contribution in [2.45, 2.75) is 45.3 Å². The Bertz CT molecular complexity index is 384. The second-order valence-corrected chi connectivity index (χ2v) is 4.83. The van der Waals surface area contributed by atoms with Crippen LogP contribution in [0.3, 0.4) is 0 Å². The van der Waals surface area contributed by atoms with Crippen LogP contribution in [0.25, 0.3) is 0 Å². The first-order chi connectivity index (χ1) is 9.06. The fourth-order valence-corrected chi connectivity index (χ4v) is 2.07. The van der Waals surface area contributed by atoms with Crippen molar-refractivity contribution in [1.82, 2.24) is 5.32 Å². The molecular formula is C15H23F2NO. The van der Waals surface area contributed by atoms with Gasteiger partial charge in [-0.2, -0.15) is 0 Å². The molecule has 0 bridgehead atoms. The Morgan fingerprint density at radius 1 is 1.21 bits per heavy atom. The highest BCUT2D eigenvalue weighted by molar-refractivity contribution is 5.18. The van der Waals surface area contributed by atoms with Crippen LogP contribution >= 0.6 is 0 Å². The average Bonchev–Trinajstić information content (AvgIpc) is 2.40. The molecule has 0 radical (unpaired) electrons. The Kier molecular flexibility index (Phi) is 6.95. The summed E-state index contributed by atoms with van der Waals surface area (Å²) in [5.41, 5.74) is 0.815. The van der Waals surface area contributed by atoms with Gasteiger partial charge in [0.1, 0.15) is 0 Å². The van der Waals surface area contributed by atoms with E-state index in [0.29, 0.717) is 6.42 Å². The van der Waals surface area contributed by atoms with Crippen molar-refractivity contribution in [1.29, 1.82) is 0 Å². The van der Waals surface area contributed by atoms with Crippen LogP contribution in [0.1, 0.15) is 32.3 Å². The number of halogens is 2. The Morgan fingerprint density at radius 3 is 2.53 bits per heavy atom. The topological polar surface area (TPSA) is 21.3 Å². The highest BCUT2D eigenvalue weighted by Gasteiger charge is 2.12. The summed E-state index contributed by atoms with van der Waals surface area (Å²) in [5.74, 6) is -1.57. The molecule has 0 heterocycles. The van der Waals surface area contributed by atoms with Crippen molar-refractivity contribution in [3.8, 4) is 0 Å². The SMILES string of the molecule is CCNC(CCC(C)OC)Cc1ccc(F)c(F)c1. The van der Waals surface area contributed by atoms with Crippen molar-refractivity contribution in [3.63, 3.8) is 0 Å². The number of methoxy groups -OCH3 is 1. The van der Waals surface area contributed by atoms with Gasteiger partial charge in [-0.3, -0.25) is 0 Å². The zero-order valence-corrected chi connectivity index (χ0v) is 11.9. The van der Waals surface area contributed by atoms with Crippen LogP contribution in [0.5, 0.6) is 0 Å². The smallest absolute Gasteiger partial charge is 0.159 e. The van der Waals surface area contributed by atoms with Gasteiger partial charge in [-0.05, 0) is 50.4 Å². The first-order valence-electron chi connectivity index (χ1n) is 6.76. The summed E-state index contributed by atoms with van der Waals surface area (Å²) in [4.78, 5) is 0. The van der Waals surface area contributed by atoms with Crippen molar-refractivity contribution in [2.24, 2.45) is 0 Å². The lowest BCUT2D eigenvalue weighted by atomic mass is 10.00. The van der Waals surface area contributed by atoms with Gasteiger partial charge in [0.25, 0.3) is 0 Å². The fraction of sp³-hybridized carbons (Fsp3) is 0.600. The molecule has 0 fully saturated rings. The number of nitrogens with one attached hydrogen (secondary N) is 1. The molecule has 0 spiro atoms. The van der Waals surface area contributed by atoms with Crippen LogP contribution in [0.15, 0.2) is 18.2 Å². The minimum atomic E-state index is -0.795. The number of rotatable bonds is 8. The quantitative estimate of drug-likeness (QED) is 0.783. The third kappa shape index (κ3) is 5.66. The molecule has 1 aromatic rings. The summed E-state index contributed by atoms with van der Waals surface area (Å²) in [6, 6.07) is 4.36. The highest BCUT2D eigenvalue weighted by Crippen LogP contribution is 2.13. The van der Waals surface area contributed by atoms with Gasteiger partial charge in [-0.15, -0.1) is 0 Å². The predicted molar refractivity (Wildman–Crippen MR) is 73.2 cm³/mol. The minimum Gasteiger partial charge on any atom is -0.382 e. The lowest BCUT2D eigenvalue weighted by Crippen LogP contribution is -2.32. The van der Waals surface area contributed by atoms with Crippen LogP contribution < -0.4 is 5.32 Å². The second kappa shape index (κ2) is 8.23.